The van der Waals surface area contributed by atoms with Gasteiger partial charge >= 0.3 is 0 Å². The molecule has 2 amide bonds. The van der Waals surface area contributed by atoms with Gasteiger partial charge in [-0.15, -0.1) is 0 Å². The molecule has 0 heterocycles. The molecular formula is C82H140N2O10. The van der Waals surface area contributed by atoms with Crippen molar-refractivity contribution >= 4 is 23.2 Å². The molecule has 0 saturated heterocycles. The van der Waals surface area contributed by atoms with E-state index < -0.39 is 11.8 Å². The molecule has 3 rings (SSSR count). The van der Waals surface area contributed by atoms with Gasteiger partial charge < -0.3 is 48.5 Å². The first-order chi connectivity index (χ1) is 46.3. The Bertz CT molecular complexity index is 2080. The van der Waals surface area contributed by atoms with Gasteiger partial charge in [-0.05, 0) is 62.8 Å². The van der Waals surface area contributed by atoms with Gasteiger partial charge in [0.2, 0.25) is 11.5 Å². The van der Waals surface area contributed by atoms with Gasteiger partial charge in [-0.3, -0.25) is 9.59 Å². The second kappa shape index (κ2) is 58.2. The molecule has 0 spiro atoms. The third-order valence-electron chi connectivity index (χ3n) is 18.1. The lowest BCUT2D eigenvalue weighted by atomic mass is 10.1. The Morgan fingerprint density at radius 3 is 0.617 bits per heavy atom. The van der Waals surface area contributed by atoms with E-state index in [-0.39, 0.29) is 0 Å². The molecule has 0 aliphatic carbocycles. The molecule has 2 N–H and O–H groups in total. The molecule has 0 unspecified atom stereocenters. The lowest BCUT2D eigenvalue weighted by Gasteiger charge is -2.20. The highest BCUT2D eigenvalue weighted by Gasteiger charge is 2.24. The maximum atomic E-state index is 15.0. The van der Waals surface area contributed by atoms with E-state index in [1.165, 1.54) is 205 Å². The minimum atomic E-state index is -0.419. The first-order valence-corrected chi connectivity index (χ1v) is 39.3. The Balaban J connectivity index is 2.07. The molecule has 0 fully saturated rings. The van der Waals surface area contributed by atoms with Gasteiger partial charge in [-0.2, -0.15) is 0 Å². The summed E-state index contributed by atoms with van der Waals surface area (Å²) >= 11 is 0. The van der Waals surface area contributed by atoms with Crippen molar-refractivity contribution in [3.05, 3.63) is 47.5 Å². The minimum absolute atomic E-state index is 0.316. The molecule has 0 aliphatic rings. The van der Waals surface area contributed by atoms with Gasteiger partial charge in [0.15, 0.2) is 34.5 Å². The molecule has 12 heteroatoms. The van der Waals surface area contributed by atoms with E-state index in [4.69, 9.17) is 37.9 Å². The largest absolute Gasteiger partial charge is 0.493 e. The molecule has 3 aromatic rings. The average Bonchev–Trinajstić information content (AvgIpc) is 0.815. The Labute approximate surface area is 575 Å². The Morgan fingerprint density at radius 1 is 0.245 bits per heavy atom. The van der Waals surface area contributed by atoms with E-state index >= 15 is 9.59 Å². The summed E-state index contributed by atoms with van der Waals surface area (Å²) in [6.07, 6.45) is 56.7. The van der Waals surface area contributed by atoms with Gasteiger partial charge in [0.1, 0.15) is 0 Å². The van der Waals surface area contributed by atoms with E-state index in [0.29, 0.717) is 108 Å². The van der Waals surface area contributed by atoms with Gasteiger partial charge in [0, 0.05) is 23.3 Å². The number of carbonyl (C=O) groups excluding carboxylic acids is 2. The number of hydrogen-bond acceptors (Lipinski definition) is 10. The van der Waals surface area contributed by atoms with Gasteiger partial charge in [-0.25, -0.2) is 0 Å². The zero-order valence-electron chi connectivity index (χ0n) is 61.7. The van der Waals surface area contributed by atoms with Crippen molar-refractivity contribution < 1.29 is 47.5 Å². The number of anilines is 2. The topological polar surface area (TPSA) is 132 Å². The summed E-state index contributed by atoms with van der Waals surface area (Å²) in [6, 6.07) is 10.5. The van der Waals surface area contributed by atoms with E-state index in [2.05, 4.69) is 52.2 Å². The third-order valence-corrected chi connectivity index (χ3v) is 18.1. The smallest absolute Gasteiger partial charge is 0.256 e. The van der Waals surface area contributed by atoms with Crippen molar-refractivity contribution in [2.75, 3.05) is 64.5 Å². The van der Waals surface area contributed by atoms with Crippen LogP contribution in [0.25, 0.3) is 0 Å². The summed E-state index contributed by atoms with van der Waals surface area (Å²) in [5.74, 6) is 3.00. The summed E-state index contributed by atoms with van der Waals surface area (Å²) < 4.78 is 51.7. The van der Waals surface area contributed by atoms with E-state index in [1.807, 2.05) is 0 Å². The van der Waals surface area contributed by atoms with Gasteiger partial charge in [-0.1, -0.05) is 311 Å². The normalized spacial score (nSPS) is 11.2. The number of ether oxygens (including phenoxy) is 8. The van der Waals surface area contributed by atoms with Crippen LogP contribution in [0.5, 0.6) is 46.0 Å². The maximum Gasteiger partial charge on any atom is 0.256 e. The molecule has 538 valence electrons. The molecule has 0 aliphatic heterocycles. The number of methoxy groups -OCH3 is 2. The van der Waals surface area contributed by atoms with Crippen LogP contribution in [-0.4, -0.2) is 65.7 Å². The standard InChI is InChI=1S/C82H140N2O10/c1-9-15-21-27-33-39-45-51-57-89-75-63-69(64-76(90-58-52-46-40-34-28-22-16-10-2)79(75)93-61-55-49-43-37-31-25-19-13-5)81(85)83-71-67-73(87-7)74(88-8)68-72(71)84-82(86)70-65-77(91-59-53-47-41-35-29-23-17-11-3)80(94-62-56-50-44-38-32-26-20-14-6)78(66-70)92-60-54-48-42-36-30-24-18-12-4/h63-68H,9-62H2,1-8H3,(H,83,85)(H,84,86). The first kappa shape index (κ1) is 83.2. The van der Waals surface area contributed by atoms with Crippen molar-refractivity contribution in [1.29, 1.82) is 0 Å². The Kier molecular flexibility index (Phi) is 51.5. The van der Waals surface area contributed by atoms with Crippen LogP contribution in [0.15, 0.2) is 36.4 Å². The Hall–Kier alpha value is -5.00. The first-order valence-electron chi connectivity index (χ1n) is 39.3. The van der Waals surface area contributed by atoms with E-state index in [0.717, 1.165) is 103 Å². The van der Waals surface area contributed by atoms with Crippen LogP contribution >= 0.6 is 0 Å². The summed E-state index contributed by atoms with van der Waals surface area (Å²) in [5.41, 5.74) is 1.30. The van der Waals surface area contributed by atoms with Crippen molar-refractivity contribution in [1.82, 2.24) is 0 Å². The number of hydrogen-bond donors (Lipinski definition) is 2. The fourth-order valence-electron chi connectivity index (χ4n) is 12.1. The summed E-state index contributed by atoms with van der Waals surface area (Å²) in [5, 5.41) is 6.33. The lowest BCUT2D eigenvalue weighted by molar-refractivity contribution is 0.101. The highest BCUT2D eigenvalue weighted by Crippen LogP contribution is 2.43. The predicted molar refractivity (Wildman–Crippen MR) is 397 cm³/mol. The fourth-order valence-corrected chi connectivity index (χ4v) is 12.1. The highest BCUT2D eigenvalue weighted by molar-refractivity contribution is 6.11. The fraction of sp³-hybridized carbons (Fsp3) is 0.756. The number of carbonyl (C=O) groups is 2. The van der Waals surface area contributed by atoms with E-state index in [9.17, 15) is 0 Å². The SMILES string of the molecule is CCCCCCCCCCOc1cc(C(=O)Nc2cc(OC)c(OC)cc2NC(=O)c2cc(OCCCCCCCCCC)c(OCCCCCCCCCC)c(OCCCCCCCCCC)c2)cc(OCCCCCCCCCC)c1OCCCCCCCCCC. The summed E-state index contributed by atoms with van der Waals surface area (Å²) in [6.45, 7) is 16.5. The van der Waals surface area contributed by atoms with Crippen molar-refractivity contribution in [2.45, 2.75) is 350 Å². The number of rotatable bonds is 66. The molecule has 0 bridgehead atoms. The van der Waals surface area contributed by atoms with Crippen LogP contribution < -0.4 is 48.5 Å². The molecule has 0 saturated carbocycles. The summed E-state index contributed by atoms with van der Waals surface area (Å²) in [7, 11) is 3.12. The van der Waals surface area contributed by atoms with Crippen molar-refractivity contribution in [2.24, 2.45) is 0 Å². The van der Waals surface area contributed by atoms with Gasteiger partial charge in [0.25, 0.3) is 11.8 Å². The van der Waals surface area contributed by atoms with Crippen LogP contribution in [0, 0.1) is 0 Å². The quantitative estimate of drug-likeness (QED) is 0.0527. The second-order valence-corrected chi connectivity index (χ2v) is 26.7. The molecule has 94 heavy (non-hydrogen) atoms. The number of benzene rings is 3. The minimum Gasteiger partial charge on any atom is -0.493 e. The molecule has 0 radical (unpaired) electrons. The molecule has 12 nitrogen and oxygen atoms in total. The molecular weight excluding hydrogens is 1170 g/mol. The van der Waals surface area contributed by atoms with Crippen LogP contribution in [-0.2, 0) is 0 Å². The van der Waals surface area contributed by atoms with Crippen LogP contribution in [0.2, 0.25) is 0 Å². The third kappa shape index (κ3) is 38.7. The van der Waals surface area contributed by atoms with Crippen LogP contribution in [0.4, 0.5) is 11.4 Å². The number of amides is 2. The molecule has 0 atom stereocenters. The Morgan fingerprint density at radius 2 is 0.426 bits per heavy atom. The highest BCUT2D eigenvalue weighted by atomic mass is 16.6. The average molecular weight is 1310 g/mol. The second-order valence-electron chi connectivity index (χ2n) is 26.7. The van der Waals surface area contributed by atoms with Crippen molar-refractivity contribution in [3.63, 3.8) is 0 Å². The molecule has 0 aromatic heterocycles. The summed E-state index contributed by atoms with van der Waals surface area (Å²) in [4.78, 5) is 30.1. The molecule has 3 aromatic carbocycles. The van der Waals surface area contributed by atoms with E-state index in [1.54, 1.807) is 50.6 Å². The predicted octanol–water partition coefficient (Wildman–Crippen LogP) is 25.3. The van der Waals surface area contributed by atoms with Crippen LogP contribution in [0.3, 0.4) is 0 Å². The number of unbranched alkanes of at least 4 members (excludes halogenated alkanes) is 42. The lowest BCUT2D eigenvalue weighted by Crippen LogP contribution is -2.18. The monoisotopic (exact) mass is 1310 g/mol. The van der Waals surface area contributed by atoms with Crippen LogP contribution in [0.1, 0.15) is 370 Å². The number of nitrogens with one attached hydrogen (secondary N) is 2. The zero-order chi connectivity index (χ0) is 67.6. The van der Waals surface area contributed by atoms with Crippen molar-refractivity contribution in [3.8, 4) is 46.0 Å². The van der Waals surface area contributed by atoms with Gasteiger partial charge in [0.05, 0.1) is 65.2 Å². The maximum absolute atomic E-state index is 15.0. The zero-order valence-corrected chi connectivity index (χ0v) is 61.7.